The molecule has 0 atom stereocenters. The number of carbonyl (C=O) groups is 1. The normalized spacial score (nSPS) is 11.7. The van der Waals surface area contributed by atoms with Gasteiger partial charge in [-0.2, -0.15) is 13.2 Å². The molecule has 0 heterocycles. The third-order valence-corrected chi connectivity index (χ3v) is 2.58. The van der Waals surface area contributed by atoms with Crippen LogP contribution in [-0.4, -0.2) is 12.6 Å². The summed E-state index contributed by atoms with van der Waals surface area (Å²) < 4.78 is 42.4. The van der Waals surface area contributed by atoms with E-state index >= 15 is 0 Å². The average molecular weight is 274 g/mol. The highest BCUT2D eigenvalue weighted by molar-refractivity contribution is 5.89. The standard InChI is InChI=1S/C14H17F3O2/c1-10(2)5-4-8-19-13(18)11-6-3-7-12(9-11)14(15,16)17/h3,6-7,9-10H,4-5,8H2,1-2H3. The Labute approximate surface area is 110 Å². The number of hydrogen-bond acceptors (Lipinski definition) is 2. The molecule has 0 spiro atoms. The van der Waals surface area contributed by atoms with E-state index in [4.69, 9.17) is 4.74 Å². The van der Waals surface area contributed by atoms with Gasteiger partial charge < -0.3 is 4.74 Å². The van der Waals surface area contributed by atoms with E-state index in [-0.39, 0.29) is 12.2 Å². The van der Waals surface area contributed by atoms with Crippen molar-refractivity contribution in [2.45, 2.75) is 32.9 Å². The maximum absolute atomic E-state index is 12.5. The number of ether oxygens (including phenoxy) is 1. The van der Waals surface area contributed by atoms with Crippen molar-refractivity contribution < 1.29 is 22.7 Å². The maximum Gasteiger partial charge on any atom is 0.416 e. The van der Waals surface area contributed by atoms with Crippen molar-refractivity contribution in [1.82, 2.24) is 0 Å². The predicted molar refractivity (Wildman–Crippen MR) is 65.8 cm³/mol. The molecule has 0 N–H and O–H groups in total. The van der Waals surface area contributed by atoms with E-state index < -0.39 is 17.7 Å². The summed E-state index contributed by atoms with van der Waals surface area (Å²) in [6, 6.07) is 4.26. The van der Waals surface area contributed by atoms with Gasteiger partial charge >= 0.3 is 12.1 Å². The number of carbonyl (C=O) groups excluding carboxylic acids is 1. The van der Waals surface area contributed by atoms with Crippen LogP contribution >= 0.6 is 0 Å². The van der Waals surface area contributed by atoms with Crippen molar-refractivity contribution in [3.05, 3.63) is 35.4 Å². The van der Waals surface area contributed by atoms with E-state index in [0.717, 1.165) is 18.6 Å². The summed E-state index contributed by atoms with van der Waals surface area (Å²) in [5.74, 6) is -0.206. The first kappa shape index (κ1) is 15.5. The summed E-state index contributed by atoms with van der Waals surface area (Å²) >= 11 is 0. The SMILES string of the molecule is CC(C)CCCOC(=O)c1cccc(C(F)(F)F)c1. The summed E-state index contributed by atoms with van der Waals surface area (Å²) in [6.45, 7) is 4.33. The summed E-state index contributed by atoms with van der Waals surface area (Å²) in [7, 11) is 0. The molecule has 1 aromatic rings. The summed E-state index contributed by atoms with van der Waals surface area (Å²) in [5.41, 5.74) is -0.913. The quantitative estimate of drug-likeness (QED) is 0.591. The fraction of sp³-hybridized carbons (Fsp3) is 0.500. The van der Waals surface area contributed by atoms with E-state index in [1.54, 1.807) is 0 Å². The molecular formula is C14H17F3O2. The van der Waals surface area contributed by atoms with Gasteiger partial charge in [0.1, 0.15) is 0 Å². The predicted octanol–water partition coefficient (Wildman–Crippen LogP) is 4.30. The van der Waals surface area contributed by atoms with Gasteiger partial charge in [0, 0.05) is 0 Å². The minimum absolute atomic E-state index is 0.0700. The molecule has 0 saturated heterocycles. The Hall–Kier alpha value is -1.52. The van der Waals surface area contributed by atoms with Gasteiger partial charge in [-0.25, -0.2) is 4.79 Å². The van der Waals surface area contributed by atoms with E-state index in [2.05, 4.69) is 13.8 Å². The molecule has 2 nitrogen and oxygen atoms in total. The van der Waals surface area contributed by atoms with Gasteiger partial charge in [0.25, 0.3) is 0 Å². The molecule has 1 aromatic carbocycles. The van der Waals surface area contributed by atoms with Gasteiger partial charge in [-0.1, -0.05) is 19.9 Å². The summed E-state index contributed by atoms with van der Waals surface area (Å²) in [5, 5.41) is 0. The Bertz CT molecular complexity index is 425. The first-order valence-electron chi connectivity index (χ1n) is 6.15. The highest BCUT2D eigenvalue weighted by atomic mass is 19.4. The molecule has 19 heavy (non-hydrogen) atoms. The van der Waals surface area contributed by atoms with Crippen LogP contribution in [0.2, 0.25) is 0 Å². The van der Waals surface area contributed by atoms with E-state index in [0.29, 0.717) is 12.3 Å². The van der Waals surface area contributed by atoms with Crippen LogP contribution in [0.4, 0.5) is 13.2 Å². The number of halogens is 3. The number of alkyl halides is 3. The lowest BCUT2D eigenvalue weighted by Crippen LogP contribution is -2.10. The van der Waals surface area contributed by atoms with Gasteiger partial charge in [0.05, 0.1) is 17.7 Å². The van der Waals surface area contributed by atoms with Crippen LogP contribution in [0.1, 0.15) is 42.6 Å². The molecule has 106 valence electrons. The summed E-state index contributed by atoms with van der Waals surface area (Å²) in [4.78, 5) is 11.6. The lowest BCUT2D eigenvalue weighted by molar-refractivity contribution is -0.137. The molecule has 0 amide bonds. The smallest absolute Gasteiger partial charge is 0.416 e. The molecule has 0 saturated carbocycles. The third kappa shape index (κ3) is 5.32. The van der Waals surface area contributed by atoms with Gasteiger partial charge in [-0.15, -0.1) is 0 Å². The first-order chi connectivity index (χ1) is 8.80. The zero-order chi connectivity index (χ0) is 14.5. The Balaban J connectivity index is 2.58. The van der Waals surface area contributed by atoms with Gasteiger partial charge in [0.2, 0.25) is 0 Å². The second-order valence-corrected chi connectivity index (χ2v) is 4.75. The van der Waals surface area contributed by atoms with Crippen LogP contribution < -0.4 is 0 Å². The molecule has 0 fully saturated rings. The molecule has 0 aliphatic heterocycles. The van der Waals surface area contributed by atoms with Gasteiger partial charge in [-0.05, 0) is 37.0 Å². The molecule has 0 bridgehead atoms. The third-order valence-electron chi connectivity index (χ3n) is 2.58. The summed E-state index contributed by atoms with van der Waals surface area (Å²) in [6.07, 6.45) is -2.83. The Morgan fingerprint density at radius 2 is 2.00 bits per heavy atom. The Morgan fingerprint density at radius 1 is 1.32 bits per heavy atom. The fourth-order valence-electron chi connectivity index (χ4n) is 1.56. The molecule has 0 aliphatic carbocycles. The molecule has 0 radical (unpaired) electrons. The monoisotopic (exact) mass is 274 g/mol. The fourth-order valence-corrected chi connectivity index (χ4v) is 1.56. The van der Waals surface area contributed by atoms with Crippen LogP contribution in [0, 0.1) is 5.92 Å². The average Bonchev–Trinajstić information content (AvgIpc) is 2.33. The zero-order valence-electron chi connectivity index (χ0n) is 11.0. The van der Waals surface area contributed by atoms with Crippen LogP contribution in [0.15, 0.2) is 24.3 Å². The topological polar surface area (TPSA) is 26.3 Å². The Kier molecular flexibility index (Phi) is 5.39. The largest absolute Gasteiger partial charge is 0.462 e. The van der Waals surface area contributed by atoms with Crippen LogP contribution in [0.25, 0.3) is 0 Å². The number of hydrogen-bond donors (Lipinski definition) is 0. The molecule has 0 aromatic heterocycles. The van der Waals surface area contributed by atoms with Crippen molar-refractivity contribution in [3.63, 3.8) is 0 Å². The minimum atomic E-state index is -4.45. The number of rotatable bonds is 5. The first-order valence-corrected chi connectivity index (χ1v) is 6.15. The minimum Gasteiger partial charge on any atom is -0.462 e. The van der Waals surface area contributed by atoms with Crippen molar-refractivity contribution in [2.75, 3.05) is 6.61 Å². The number of esters is 1. The zero-order valence-corrected chi connectivity index (χ0v) is 11.0. The van der Waals surface area contributed by atoms with Crippen LogP contribution in [-0.2, 0) is 10.9 Å². The maximum atomic E-state index is 12.5. The number of benzene rings is 1. The van der Waals surface area contributed by atoms with E-state index in [1.165, 1.54) is 12.1 Å². The van der Waals surface area contributed by atoms with Crippen LogP contribution in [0.3, 0.4) is 0 Å². The molecule has 0 aliphatic rings. The second-order valence-electron chi connectivity index (χ2n) is 4.75. The van der Waals surface area contributed by atoms with Gasteiger partial charge in [0.15, 0.2) is 0 Å². The van der Waals surface area contributed by atoms with Crippen molar-refractivity contribution in [2.24, 2.45) is 5.92 Å². The van der Waals surface area contributed by atoms with Crippen molar-refractivity contribution >= 4 is 5.97 Å². The van der Waals surface area contributed by atoms with E-state index in [9.17, 15) is 18.0 Å². The lowest BCUT2D eigenvalue weighted by atomic mass is 10.1. The molecular weight excluding hydrogens is 257 g/mol. The van der Waals surface area contributed by atoms with Crippen molar-refractivity contribution in [3.8, 4) is 0 Å². The highest BCUT2D eigenvalue weighted by Crippen LogP contribution is 2.29. The van der Waals surface area contributed by atoms with Gasteiger partial charge in [-0.3, -0.25) is 0 Å². The highest BCUT2D eigenvalue weighted by Gasteiger charge is 2.31. The molecule has 1 rings (SSSR count). The molecule has 0 unspecified atom stereocenters. The second kappa shape index (κ2) is 6.59. The molecule has 5 heteroatoms. The Morgan fingerprint density at radius 3 is 2.58 bits per heavy atom. The van der Waals surface area contributed by atoms with E-state index in [1.807, 2.05) is 0 Å². The lowest BCUT2D eigenvalue weighted by Gasteiger charge is -2.09. The van der Waals surface area contributed by atoms with Crippen molar-refractivity contribution in [1.29, 1.82) is 0 Å². The van der Waals surface area contributed by atoms with Crippen LogP contribution in [0.5, 0.6) is 0 Å².